The fourth-order valence-electron chi connectivity index (χ4n) is 1.37. The van der Waals surface area contributed by atoms with Crippen molar-refractivity contribution in [1.29, 1.82) is 5.26 Å². The van der Waals surface area contributed by atoms with Gasteiger partial charge in [0.1, 0.15) is 0 Å². The summed E-state index contributed by atoms with van der Waals surface area (Å²) in [5.41, 5.74) is 5.12. The standard InChI is InChI=1S/C10H19N3O/c1-8(2)5-13(7-10(12)14)6-9(3)4-11/h8-9H,5-7H2,1-3H3,(H2,12,14). The van der Waals surface area contributed by atoms with E-state index in [1.165, 1.54) is 0 Å². The van der Waals surface area contributed by atoms with Crippen molar-refractivity contribution in [2.45, 2.75) is 20.8 Å². The monoisotopic (exact) mass is 197 g/mol. The first kappa shape index (κ1) is 12.9. The first-order valence-electron chi connectivity index (χ1n) is 4.86. The summed E-state index contributed by atoms with van der Waals surface area (Å²) < 4.78 is 0. The van der Waals surface area contributed by atoms with Gasteiger partial charge in [-0.1, -0.05) is 13.8 Å². The van der Waals surface area contributed by atoms with Crippen LogP contribution in [-0.4, -0.2) is 30.4 Å². The lowest BCUT2D eigenvalue weighted by Crippen LogP contribution is -2.38. The second-order valence-corrected chi connectivity index (χ2v) is 4.08. The van der Waals surface area contributed by atoms with E-state index in [2.05, 4.69) is 19.9 Å². The molecule has 0 rings (SSSR count). The third kappa shape index (κ3) is 6.44. The van der Waals surface area contributed by atoms with Gasteiger partial charge in [-0.15, -0.1) is 0 Å². The lowest BCUT2D eigenvalue weighted by Gasteiger charge is -2.23. The number of carbonyl (C=O) groups excluding carboxylic acids is 1. The summed E-state index contributed by atoms with van der Waals surface area (Å²) in [7, 11) is 0. The highest BCUT2D eigenvalue weighted by molar-refractivity contribution is 5.75. The SMILES string of the molecule is CC(C)CN(CC(N)=O)CC(C)C#N. The van der Waals surface area contributed by atoms with Crippen LogP contribution in [-0.2, 0) is 4.79 Å². The molecule has 0 bridgehead atoms. The van der Waals surface area contributed by atoms with Crippen LogP contribution in [0.5, 0.6) is 0 Å². The molecule has 0 aromatic heterocycles. The predicted octanol–water partition coefficient (Wildman–Crippen LogP) is 0.589. The molecule has 0 aliphatic carbocycles. The average Bonchev–Trinajstić information content (AvgIpc) is 2.01. The van der Waals surface area contributed by atoms with Gasteiger partial charge in [-0.25, -0.2) is 0 Å². The van der Waals surface area contributed by atoms with E-state index in [0.29, 0.717) is 12.5 Å². The Labute approximate surface area is 85.7 Å². The van der Waals surface area contributed by atoms with Crippen LogP contribution in [0.15, 0.2) is 0 Å². The molecule has 0 aromatic carbocycles. The number of nitriles is 1. The van der Waals surface area contributed by atoms with Crippen molar-refractivity contribution in [2.75, 3.05) is 19.6 Å². The number of rotatable bonds is 6. The van der Waals surface area contributed by atoms with Crippen LogP contribution >= 0.6 is 0 Å². The van der Waals surface area contributed by atoms with E-state index in [-0.39, 0.29) is 18.4 Å². The molecule has 4 nitrogen and oxygen atoms in total. The lowest BCUT2D eigenvalue weighted by atomic mass is 10.1. The van der Waals surface area contributed by atoms with Gasteiger partial charge in [-0.05, 0) is 12.8 Å². The average molecular weight is 197 g/mol. The molecule has 14 heavy (non-hydrogen) atoms. The summed E-state index contributed by atoms with van der Waals surface area (Å²) >= 11 is 0. The summed E-state index contributed by atoms with van der Waals surface area (Å²) in [6, 6.07) is 2.15. The molecule has 1 atom stereocenters. The Morgan fingerprint density at radius 1 is 1.43 bits per heavy atom. The molecule has 0 saturated carbocycles. The third-order valence-electron chi connectivity index (χ3n) is 1.76. The van der Waals surface area contributed by atoms with Crippen LogP contribution in [0.4, 0.5) is 0 Å². The van der Waals surface area contributed by atoms with Gasteiger partial charge in [0.05, 0.1) is 18.5 Å². The van der Waals surface area contributed by atoms with E-state index in [1.54, 1.807) is 0 Å². The van der Waals surface area contributed by atoms with Gasteiger partial charge in [0.25, 0.3) is 0 Å². The second kappa shape index (κ2) is 6.39. The van der Waals surface area contributed by atoms with Crippen LogP contribution in [0.1, 0.15) is 20.8 Å². The highest BCUT2D eigenvalue weighted by Crippen LogP contribution is 2.02. The van der Waals surface area contributed by atoms with Gasteiger partial charge in [-0.2, -0.15) is 5.26 Å². The summed E-state index contributed by atoms with van der Waals surface area (Å²) in [6.45, 7) is 7.64. The van der Waals surface area contributed by atoms with Crippen molar-refractivity contribution < 1.29 is 4.79 Å². The Bertz CT molecular complexity index is 220. The van der Waals surface area contributed by atoms with Crippen molar-refractivity contribution in [2.24, 2.45) is 17.6 Å². The van der Waals surface area contributed by atoms with Crippen LogP contribution in [0.25, 0.3) is 0 Å². The summed E-state index contributed by atoms with van der Waals surface area (Å²) in [4.78, 5) is 12.7. The molecule has 0 radical (unpaired) electrons. The molecular formula is C10H19N3O. The number of nitrogens with two attached hydrogens (primary N) is 1. The van der Waals surface area contributed by atoms with Crippen molar-refractivity contribution in [3.63, 3.8) is 0 Å². The number of nitrogens with zero attached hydrogens (tertiary/aromatic N) is 2. The van der Waals surface area contributed by atoms with Crippen LogP contribution < -0.4 is 5.73 Å². The summed E-state index contributed by atoms with van der Waals surface area (Å²) in [5, 5.41) is 8.66. The zero-order chi connectivity index (χ0) is 11.1. The minimum atomic E-state index is -0.337. The van der Waals surface area contributed by atoms with E-state index in [9.17, 15) is 4.79 Å². The zero-order valence-electron chi connectivity index (χ0n) is 9.16. The molecule has 4 heteroatoms. The Morgan fingerprint density at radius 3 is 2.36 bits per heavy atom. The Balaban J connectivity index is 4.11. The zero-order valence-corrected chi connectivity index (χ0v) is 9.16. The maximum absolute atomic E-state index is 10.8. The largest absolute Gasteiger partial charge is 0.369 e. The fourth-order valence-corrected chi connectivity index (χ4v) is 1.37. The molecule has 1 unspecified atom stereocenters. The summed E-state index contributed by atoms with van der Waals surface area (Å²) in [5.74, 6) is 0.0733. The van der Waals surface area contributed by atoms with Gasteiger partial charge < -0.3 is 5.73 Å². The first-order chi connectivity index (χ1) is 6.45. The van der Waals surface area contributed by atoms with Crippen molar-refractivity contribution in [3.05, 3.63) is 0 Å². The van der Waals surface area contributed by atoms with Gasteiger partial charge >= 0.3 is 0 Å². The highest BCUT2D eigenvalue weighted by Gasteiger charge is 2.13. The molecule has 0 heterocycles. The quantitative estimate of drug-likeness (QED) is 0.677. The molecule has 2 N–H and O–H groups in total. The van der Waals surface area contributed by atoms with Crippen molar-refractivity contribution >= 4 is 5.91 Å². The normalized spacial score (nSPS) is 12.9. The van der Waals surface area contributed by atoms with Gasteiger partial charge in [0.2, 0.25) is 5.91 Å². The van der Waals surface area contributed by atoms with Crippen molar-refractivity contribution in [1.82, 2.24) is 4.90 Å². The minimum absolute atomic E-state index is 0.0619. The molecule has 80 valence electrons. The molecule has 1 amide bonds. The maximum Gasteiger partial charge on any atom is 0.231 e. The number of carbonyl (C=O) groups is 1. The van der Waals surface area contributed by atoms with Crippen molar-refractivity contribution in [3.8, 4) is 6.07 Å². The molecule has 0 fully saturated rings. The smallest absolute Gasteiger partial charge is 0.231 e. The Hall–Kier alpha value is -1.08. The van der Waals surface area contributed by atoms with E-state index in [1.807, 2.05) is 11.8 Å². The number of primary amides is 1. The van der Waals surface area contributed by atoms with Crippen LogP contribution in [0.2, 0.25) is 0 Å². The Kier molecular flexibility index (Phi) is 5.89. The minimum Gasteiger partial charge on any atom is -0.369 e. The lowest BCUT2D eigenvalue weighted by molar-refractivity contribution is -0.119. The van der Waals surface area contributed by atoms with E-state index < -0.39 is 0 Å². The van der Waals surface area contributed by atoms with Gasteiger partial charge in [-0.3, -0.25) is 9.69 Å². The molecule has 0 spiro atoms. The van der Waals surface area contributed by atoms with E-state index in [0.717, 1.165) is 6.54 Å². The van der Waals surface area contributed by atoms with E-state index in [4.69, 9.17) is 11.0 Å². The molecule has 0 saturated heterocycles. The molecule has 0 aliphatic heterocycles. The molecule has 0 aromatic rings. The number of hydrogen-bond donors (Lipinski definition) is 1. The summed E-state index contributed by atoms with van der Waals surface area (Å²) in [6.07, 6.45) is 0. The molecular weight excluding hydrogens is 178 g/mol. The third-order valence-corrected chi connectivity index (χ3v) is 1.76. The van der Waals surface area contributed by atoms with E-state index >= 15 is 0 Å². The van der Waals surface area contributed by atoms with Gasteiger partial charge in [0, 0.05) is 13.1 Å². The fraction of sp³-hybridized carbons (Fsp3) is 0.800. The van der Waals surface area contributed by atoms with Crippen LogP contribution in [0, 0.1) is 23.2 Å². The molecule has 0 aliphatic rings. The first-order valence-corrected chi connectivity index (χ1v) is 4.86. The highest BCUT2D eigenvalue weighted by atomic mass is 16.1. The van der Waals surface area contributed by atoms with Gasteiger partial charge in [0.15, 0.2) is 0 Å². The number of amides is 1. The maximum atomic E-state index is 10.8. The Morgan fingerprint density at radius 2 is 2.00 bits per heavy atom. The second-order valence-electron chi connectivity index (χ2n) is 4.08. The number of hydrogen-bond acceptors (Lipinski definition) is 3. The van der Waals surface area contributed by atoms with Crippen LogP contribution in [0.3, 0.4) is 0 Å². The topological polar surface area (TPSA) is 70.1 Å². The predicted molar refractivity (Wildman–Crippen MR) is 55.2 cm³/mol.